The quantitative estimate of drug-likeness (QED) is 0.508. The monoisotopic (exact) mass is 400 g/mol. The number of hydrogen-bond acceptors (Lipinski definition) is 3. The first-order valence-electron chi connectivity index (χ1n) is 12.0. The Bertz CT molecular complexity index is 707. The molecule has 0 N–H and O–H groups in total. The summed E-state index contributed by atoms with van der Waals surface area (Å²) in [6.45, 7) is 12.4. The van der Waals surface area contributed by atoms with E-state index in [1.54, 1.807) is 5.57 Å². The molecule has 0 saturated heterocycles. The predicted octanol–water partition coefficient (Wildman–Crippen LogP) is 6.29. The van der Waals surface area contributed by atoms with E-state index in [9.17, 15) is 4.79 Å². The molecule has 4 aliphatic carbocycles. The second kappa shape index (κ2) is 7.78. The molecule has 3 nitrogen and oxygen atoms in total. The number of hydrogen-bond donors (Lipinski definition) is 0. The van der Waals surface area contributed by atoms with Crippen molar-refractivity contribution in [2.24, 2.45) is 40.4 Å². The molecule has 0 aromatic heterocycles. The number of ether oxygens (including phenoxy) is 2. The third-order valence-corrected chi connectivity index (χ3v) is 9.37. The Morgan fingerprint density at radius 1 is 1.21 bits per heavy atom. The molecule has 7 atom stereocenters. The summed E-state index contributed by atoms with van der Waals surface area (Å²) >= 11 is 0. The van der Waals surface area contributed by atoms with Crippen molar-refractivity contribution >= 4 is 5.97 Å². The Morgan fingerprint density at radius 3 is 2.72 bits per heavy atom. The molecule has 0 radical (unpaired) electrons. The van der Waals surface area contributed by atoms with Gasteiger partial charge in [0.2, 0.25) is 0 Å². The van der Waals surface area contributed by atoms with Crippen LogP contribution in [0.25, 0.3) is 0 Å². The smallest absolute Gasteiger partial charge is 0.302 e. The average Bonchev–Trinajstić information content (AvgIpc) is 3.04. The summed E-state index contributed by atoms with van der Waals surface area (Å²) in [5.74, 6) is 4.63. The van der Waals surface area contributed by atoms with Gasteiger partial charge in [-0.05, 0) is 97.5 Å². The van der Waals surface area contributed by atoms with Crippen molar-refractivity contribution in [1.82, 2.24) is 0 Å². The first-order valence-corrected chi connectivity index (χ1v) is 12.0. The second-order valence-corrected chi connectivity index (χ2v) is 10.7. The summed E-state index contributed by atoms with van der Waals surface area (Å²) in [6.07, 6.45) is 13.8. The van der Waals surface area contributed by atoms with Gasteiger partial charge >= 0.3 is 5.97 Å². The second-order valence-electron chi connectivity index (χ2n) is 10.7. The van der Waals surface area contributed by atoms with Crippen LogP contribution in [0.5, 0.6) is 0 Å². The van der Waals surface area contributed by atoms with Gasteiger partial charge in [-0.15, -0.1) is 0 Å². The number of rotatable bonds is 5. The molecule has 3 unspecified atom stereocenters. The molecule has 0 spiro atoms. The fraction of sp³-hybridized carbons (Fsp3) is 0.808. The van der Waals surface area contributed by atoms with Crippen molar-refractivity contribution in [2.75, 3.05) is 13.2 Å². The molecule has 0 bridgehead atoms. The van der Waals surface area contributed by atoms with E-state index in [-0.39, 0.29) is 5.97 Å². The highest BCUT2D eigenvalue weighted by Crippen LogP contribution is 2.66. The molecule has 0 amide bonds. The lowest BCUT2D eigenvalue weighted by molar-refractivity contribution is -0.143. The van der Waals surface area contributed by atoms with Crippen LogP contribution in [-0.2, 0) is 14.3 Å². The molecule has 2 saturated carbocycles. The Balaban J connectivity index is 1.54. The van der Waals surface area contributed by atoms with Gasteiger partial charge in [0.15, 0.2) is 0 Å². The van der Waals surface area contributed by atoms with Crippen molar-refractivity contribution in [3.05, 3.63) is 23.5 Å². The zero-order valence-electron chi connectivity index (χ0n) is 19.1. The van der Waals surface area contributed by atoms with Gasteiger partial charge in [0, 0.05) is 13.3 Å². The standard InChI is InChI=1S/C26H40O3/c1-6-28-20-11-13-25(4)19(15-20)7-8-21-23-10-9-22(17(2)16-29-18(3)27)26(23,5)14-12-24(21)25/h7,15,17,21-24H,6,8-14,16H2,1-5H3/t17-,21?,22-,23+,24+,25?,26?/m1/s1. The number of carbonyl (C=O) groups is 1. The number of esters is 1. The minimum absolute atomic E-state index is 0.144. The third-order valence-electron chi connectivity index (χ3n) is 9.37. The summed E-state index contributed by atoms with van der Waals surface area (Å²) in [6, 6.07) is 0. The molecule has 3 heteroatoms. The zero-order chi connectivity index (χ0) is 20.8. The molecule has 4 rings (SSSR count). The van der Waals surface area contributed by atoms with E-state index in [0.717, 1.165) is 30.8 Å². The van der Waals surface area contributed by atoms with Crippen LogP contribution in [0.15, 0.2) is 23.5 Å². The maximum Gasteiger partial charge on any atom is 0.302 e. The molecular weight excluding hydrogens is 360 g/mol. The molecule has 2 fully saturated rings. The fourth-order valence-electron chi connectivity index (χ4n) is 7.94. The highest BCUT2D eigenvalue weighted by Gasteiger charge is 2.58. The molecule has 162 valence electrons. The van der Waals surface area contributed by atoms with Crippen LogP contribution in [0.4, 0.5) is 0 Å². The van der Waals surface area contributed by atoms with Crippen molar-refractivity contribution < 1.29 is 14.3 Å². The van der Waals surface area contributed by atoms with Gasteiger partial charge in [0.25, 0.3) is 0 Å². The van der Waals surface area contributed by atoms with E-state index < -0.39 is 0 Å². The Labute approximate surface area is 177 Å². The van der Waals surface area contributed by atoms with Gasteiger partial charge in [0.05, 0.1) is 19.0 Å². The molecule has 0 aromatic carbocycles. The Hall–Kier alpha value is -1.25. The third kappa shape index (κ3) is 3.47. The minimum atomic E-state index is -0.144. The van der Waals surface area contributed by atoms with Crippen molar-refractivity contribution in [1.29, 1.82) is 0 Å². The highest BCUT2D eigenvalue weighted by atomic mass is 16.5. The SMILES string of the molecule is CCOC1=CC2=CCC3[C@H](CCC4(C)[C@@H]([C@H](C)COC(C)=O)CC[C@@H]34)C2(C)CC1. The summed E-state index contributed by atoms with van der Waals surface area (Å²) in [5, 5.41) is 0. The summed E-state index contributed by atoms with van der Waals surface area (Å²) in [5.41, 5.74) is 2.28. The molecule has 0 aliphatic heterocycles. The molecule has 0 aromatic rings. The van der Waals surface area contributed by atoms with Crippen molar-refractivity contribution in [2.45, 2.75) is 79.6 Å². The van der Waals surface area contributed by atoms with Crippen LogP contribution >= 0.6 is 0 Å². The minimum Gasteiger partial charge on any atom is -0.498 e. The van der Waals surface area contributed by atoms with Crippen LogP contribution in [0.3, 0.4) is 0 Å². The maximum atomic E-state index is 11.3. The van der Waals surface area contributed by atoms with Crippen LogP contribution < -0.4 is 0 Å². The van der Waals surface area contributed by atoms with Crippen molar-refractivity contribution in [3.63, 3.8) is 0 Å². The lowest BCUT2D eigenvalue weighted by Crippen LogP contribution is -2.50. The van der Waals surface area contributed by atoms with E-state index in [2.05, 4.69) is 39.8 Å². The van der Waals surface area contributed by atoms with Crippen LogP contribution in [-0.4, -0.2) is 19.2 Å². The lowest BCUT2D eigenvalue weighted by atomic mass is 9.47. The summed E-state index contributed by atoms with van der Waals surface area (Å²) in [4.78, 5) is 11.3. The van der Waals surface area contributed by atoms with E-state index in [1.165, 1.54) is 51.2 Å². The topological polar surface area (TPSA) is 35.5 Å². The van der Waals surface area contributed by atoms with Crippen LogP contribution in [0.2, 0.25) is 0 Å². The first-order chi connectivity index (χ1) is 13.8. The Morgan fingerprint density at radius 2 is 2.00 bits per heavy atom. The maximum absolute atomic E-state index is 11.3. The average molecular weight is 401 g/mol. The van der Waals surface area contributed by atoms with Gasteiger partial charge < -0.3 is 9.47 Å². The fourth-order valence-corrected chi connectivity index (χ4v) is 7.94. The van der Waals surface area contributed by atoms with E-state index in [4.69, 9.17) is 9.47 Å². The van der Waals surface area contributed by atoms with Crippen molar-refractivity contribution in [3.8, 4) is 0 Å². The molecular formula is C26H40O3. The zero-order valence-corrected chi connectivity index (χ0v) is 19.1. The van der Waals surface area contributed by atoms with E-state index >= 15 is 0 Å². The highest BCUT2D eigenvalue weighted by molar-refractivity contribution is 5.65. The van der Waals surface area contributed by atoms with E-state index in [1.807, 2.05) is 0 Å². The number of allylic oxidation sites excluding steroid dienone is 4. The summed E-state index contributed by atoms with van der Waals surface area (Å²) < 4.78 is 11.3. The summed E-state index contributed by atoms with van der Waals surface area (Å²) in [7, 11) is 0. The van der Waals surface area contributed by atoms with Crippen LogP contribution in [0.1, 0.15) is 79.6 Å². The van der Waals surface area contributed by atoms with Gasteiger partial charge in [-0.25, -0.2) is 0 Å². The van der Waals surface area contributed by atoms with E-state index in [0.29, 0.717) is 29.3 Å². The lowest BCUT2D eigenvalue weighted by Gasteiger charge is -2.57. The predicted molar refractivity (Wildman–Crippen MR) is 116 cm³/mol. The van der Waals surface area contributed by atoms with Gasteiger partial charge in [-0.1, -0.05) is 26.8 Å². The number of carbonyl (C=O) groups excluding carboxylic acids is 1. The molecule has 0 heterocycles. The molecule has 29 heavy (non-hydrogen) atoms. The Kier molecular flexibility index (Phi) is 5.63. The van der Waals surface area contributed by atoms with Gasteiger partial charge in [0.1, 0.15) is 0 Å². The van der Waals surface area contributed by atoms with Gasteiger partial charge in [-0.2, -0.15) is 0 Å². The first kappa shape index (κ1) is 21.0. The number of fused-ring (bicyclic) bond motifs is 5. The largest absolute Gasteiger partial charge is 0.498 e. The molecule has 4 aliphatic rings. The van der Waals surface area contributed by atoms with Crippen LogP contribution in [0, 0.1) is 40.4 Å². The van der Waals surface area contributed by atoms with Gasteiger partial charge in [-0.3, -0.25) is 4.79 Å². The normalized spacial score (nSPS) is 42.0.